The van der Waals surface area contributed by atoms with Crippen LogP contribution in [0.2, 0.25) is 10.0 Å². The molecule has 20 heavy (non-hydrogen) atoms. The Kier molecular flexibility index (Phi) is 3.77. The molecule has 0 spiro atoms. The molecule has 0 N–H and O–H groups in total. The normalized spacial score (nSPS) is 10.7. The molecule has 0 fully saturated rings. The van der Waals surface area contributed by atoms with Gasteiger partial charge in [0.15, 0.2) is 0 Å². The molecule has 0 bridgehead atoms. The van der Waals surface area contributed by atoms with Crippen LogP contribution >= 0.6 is 23.2 Å². The van der Waals surface area contributed by atoms with Gasteiger partial charge in [-0.3, -0.25) is 4.98 Å². The second-order valence-electron chi connectivity index (χ2n) is 4.35. The molecule has 0 amide bonds. The number of aromatic nitrogens is 1. The van der Waals surface area contributed by atoms with Crippen LogP contribution in [0.1, 0.15) is 5.69 Å². The summed E-state index contributed by atoms with van der Waals surface area (Å²) < 4.78 is 5.84. The molecule has 4 heteroatoms. The molecule has 0 aliphatic carbocycles. The van der Waals surface area contributed by atoms with Crippen molar-refractivity contribution in [3.63, 3.8) is 0 Å². The van der Waals surface area contributed by atoms with Crippen molar-refractivity contribution in [1.29, 1.82) is 0 Å². The minimum atomic E-state index is 0.367. The summed E-state index contributed by atoms with van der Waals surface area (Å²) in [4.78, 5) is 4.22. The summed E-state index contributed by atoms with van der Waals surface area (Å²) in [5.74, 6) is 0.784. The summed E-state index contributed by atoms with van der Waals surface area (Å²) in [5, 5.41) is 3.33. The van der Waals surface area contributed by atoms with Gasteiger partial charge in [-0.15, -0.1) is 0 Å². The van der Waals surface area contributed by atoms with Crippen LogP contribution in [0.15, 0.2) is 54.7 Å². The first-order chi connectivity index (χ1) is 9.74. The zero-order valence-corrected chi connectivity index (χ0v) is 12.0. The maximum atomic E-state index is 6.18. The molecule has 0 aliphatic heterocycles. The Labute approximate surface area is 126 Å². The number of halogens is 2. The monoisotopic (exact) mass is 303 g/mol. The molecular weight excluding hydrogens is 293 g/mol. The predicted octanol–water partition coefficient (Wildman–Crippen LogP) is 5.12. The van der Waals surface area contributed by atoms with E-state index in [1.807, 2.05) is 36.4 Å². The van der Waals surface area contributed by atoms with Crippen LogP contribution in [0.3, 0.4) is 0 Å². The van der Waals surface area contributed by atoms with Gasteiger partial charge in [-0.05, 0) is 24.3 Å². The van der Waals surface area contributed by atoms with E-state index >= 15 is 0 Å². The van der Waals surface area contributed by atoms with Crippen LogP contribution in [-0.2, 0) is 6.61 Å². The third-order valence-corrected chi connectivity index (χ3v) is 3.55. The van der Waals surface area contributed by atoms with Gasteiger partial charge in [-0.1, -0.05) is 47.5 Å². The Balaban J connectivity index is 1.90. The molecule has 1 heterocycles. The minimum Gasteiger partial charge on any atom is -0.487 e. The van der Waals surface area contributed by atoms with E-state index in [0.717, 1.165) is 22.2 Å². The standard InChI is InChI=1S/C16H11Cl2NO/c17-11-7-8-19-12(9-11)10-20-16-6-5-15(18)13-3-1-2-4-14(13)16/h1-9H,10H2. The number of nitrogens with zero attached hydrogens (tertiary/aromatic N) is 1. The van der Waals surface area contributed by atoms with E-state index in [1.54, 1.807) is 18.3 Å². The molecule has 100 valence electrons. The van der Waals surface area contributed by atoms with Crippen molar-refractivity contribution in [1.82, 2.24) is 4.98 Å². The van der Waals surface area contributed by atoms with Crippen molar-refractivity contribution in [3.05, 3.63) is 70.5 Å². The molecule has 2 aromatic carbocycles. The Morgan fingerprint density at radius 1 is 0.950 bits per heavy atom. The Hall–Kier alpha value is -1.77. The first kappa shape index (κ1) is 13.2. The average molecular weight is 304 g/mol. The lowest BCUT2D eigenvalue weighted by Gasteiger charge is -2.10. The third-order valence-electron chi connectivity index (χ3n) is 2.99. The van der Waals surface area contributed by atoms with Crippen LogP contribution in [0.4, 0.5) is 0 Å². The molecule has 0 aliphatic rings. The smallest absolute Gasteiger partial charge is 0.130 e. The Morgan fingerprint density at radius 2 is 1.75 bits per heavy atom. The molecule has 1 aromatic heterocycles. The third kappa shape index (κ3) is 2.72. The zero-order valence-electron chi connectivity index (χ0n) is 10.5. The molecule has 3 aromatic rings. The van der Waals surface area contributed by atoms with Gasteiger partial charge in [-0.2, -0.15) is 0 Å². The van der Waals surface area contributed by atoms with Gasteiger partial charge in [0.2, 0.25) is 0 Å². The Morgan fingerprint density at radius 3 is 2.55 bits per heavy atom. The maximum Gasteiger partial charge on any atom is 0.130 e. The van der Waals surface area contributed by atoms with Crippen molar-refractivity contribution in [2.24, 2.45) is 0 Å². The molecular formula is C16H11Cl2NO. The molecule has 0 saturated carbocycles. The molecule has 0 unspecified atom stereocenters. The number of benzene rings is 2. The highest BCUT2D eigenvalue weighted by Crippen LogP contribution is 2.31. The lowest BCUT2D eigenvalue weighted by molar-refractivity contribution is 0.305. The summed E-state index contributed by atoms with van der Waals surface area (Å²) >= 11 is 12.1. The van der Waals surface area contributed by atoms with Crippen molar-refractivity contribution < 1.29 is 4.74 Å². The SMILES string of the molecule is Clc1ccnc(COc2ccc(Cl)c3ccccc23)c1. The summed E-state index contributed by atoms with van der Waals surface area (Å²) in [6.07, 6.45) is 1.67. The fraction of sp³-hybridized carbons (Fsp3) is 0.0625. The summed E-state index contributed by atoms with van der Waals surface area (Å²) in [5.41, 5.74) is 0.788. The largest absolute Gasteiger partial charge is 0.487 e. The van der Waals surface area contributed by atoms with E-state index in [1.165, 1.54) is 0 Å². The van der Waals surface area contributed by atoms with Gasteiger partial charge in [0.25, 0.3) is 0 Å². The fourth-order valence-corrected chi connectivity index (χ4v) is 2.45. The highest BCUT2D eigenvalue weighted by molar-refractivity contribution is 6.35. The summed E-state index contributed by atoms with van der Waals surface area (Å²) in [7, 11) is 0. The van der Waals surface area contributed by atoms with E-state index in [-0.39, 0.29) is 0 Å². The first-order valence-corrected chi connectivity index (χ1v) is 6.90. The van der Waals surface area contributed by atoms with E-state index in [2.05, 4.69) is 4.98 Å². The summed E-state index contributed by atoms with van der Waals surface area (Å²) in [6, 6.07) is 15.1. The topological polar surface area (TPSA) is 22.1 Å². The average Bonchev–Trinajstić information content (AvgIpc) is 2.47. The highest BCUT2D eigenvalue weighted by atomic mass is 35.5. The van der Waals surface area contributed by atoms with Crippen LogP contribution < -0.4 is 4.74 Å². The van der Waals surface area contributed by atoms with Gasteiger partial charge in [0.05, 0.1) is 5.69 Å². The number of rotatable bonds is 3. The highest BCUT2D eigenvalue weighted by Gasteiger charge is 2.06. The zero-order chi connectivity index (χ0) is 13.9. The first-order valence-electron chi connectivity index (χ1n) is 6.14. The molecule has 0 saturated heterocycles. The van der Waals surface area contributed by atoms with Crippen molar-refractivity contribution in [2.75, 3.05) is 0 Å². The van der Waals surface area contributed by atoms with Crippen LogP contribution in [0.25, 0.3) is 10.8 Å². The molecule has 0 atom stereocenters. The number of pyridine rings is 1. The van der Waals surface area contributed by atoms with E-state index < -0.39 is 0 Å². The molecule has 2 nitrogen and oxygen atoms in total. The number of hydrogen-bond acceptors (Lipinski definition) is 2. The van der Waals surface area contributed by atoms with Gasteiger partial charge in [0.1, 0.15) is 12.4 Å². The molecule has 0 radical (unpaired) electrons. The maximum absolute atomic E-state index is 6.18. The minimum absolute atomic E-state index is 0.367. The van der Waals surface area contributed by atoms with Crippen LogP contribution in [0.5, 0.6) is 5.75 Å². The van der Waals surface area contributed by atoms with Gasteiger partial charge in [0, 0.05) is 27.0 Å². The van der Waals surface area contributed by atoms with Gasteiger partial charge >= 0.3 is 0 Å². The number of fused-ring (bicyclic) bond motifs is 1. The van der Waals surface area contributed by atoms with Crippen LogP contribution in [-0.4, -0.2) is 4.98 Å². The summed E-state index contributed by atoms with van der Waals surface area (Å²) in [6.45, 7) is 0.367. The van der Waals surface area contributed by atoms with Crippen molar-refractivity contribution in [3.8, 4) is 5.75 Å². The molecule has 3 rings (SSSR count). The van der Waals surface area contributed by atoms with E-state index in [0.29, 0.717) is 16.7 Å². The van der Waals surface area contributed by atoms with Crippen molar-refractivity contribution >= 4 is 34.0 Å². The second kappa shape index (κ2) is 5.70. The number of hydrogen-bond donors (Lipinski definition) is 0. The van der Waals surface area contributed by atoms with E-state index in [9.17, 15) is 0 Å². The van der Waals surface area contributed by atoms with Gasteiger partial charge in [-0.25, -0.2) is 0 Å². The lowest BCUT2D eigenvalue weighted by Crippen LogP contribution is -1.98. The Bertz CT molecular complexity index is 758. The predicted molar refractivity (Wildman–Crippen MR) is 82.5 cm³/mol. The number of ether oxygens (including phenoxy) is 1. The fourth-order valence-electron chi connectivity index (χ4n) is 2.04. The van der Waals surface area contributed by atoms with Gasteiger partial charge < -0.3 is 4.74 Å². The van der Waals surface area contributed by atoms with Crippen LogP contribution in [0, 0.1) is 0 Å². The van der Waals surface area contributed by atoms with Crippen molar-refractivity contribution in [2.45, 2.75) is 6.61 Å². The van der Waals surface area contributed by atoms with E-state index in [4.69, 9.17) is 27.9 Å². The quantitative estimate of drug-likeness (QED) is 0.670. The lowest BCUT2D eigenvalue weighted by atomic mass is 10.1. The second-order valence-corrected chi connectivity index (χ2v) is 5.19.